The van der Waals surface area contributed by atoms with E-state index < -0.39 is 0 Å². The zero-order valence-electron chi connectivity index (χ0n) is 19.4. The molecule has 2 saturated heterocycles. The van der Waals surface area contributed by atoms with Crippen molar-refractivity contribution in [3.63, 3.8) is 0 Å². The first-order valence-corrected chi connectivity index (χ1v) is 11.8. The van der Waals surface area contributed by atoms with Crippen LogP contribution in [0.25, 0.3) is 0 Å². The molecule has 2 aliphatic rings. The van der Waals surface area contributed by atoms with Crippen molar-refractivity contribution in [2.24, 2.45) is 10.9 Å². The minimum Gasteiger partial charge on any atom is -0.379 e. The van der Waals surface area contributed by atoms with Crippen LogP contribution in [0.2, 0.25) is 0 Å². The number of morpholine rings is 1. The first-order chi connectivity index (χ1) is 14.7. The first kappa shape index (κ1) is 26.4. The summed E-state index contributed by atoms with van der Waals surface area (Å²) >= 11 is 0. The van der Waals surface area contributed by atoms with Gasteiger partial charge in [-0.2, -0.15) is 0 Å². The van der Waals surface area contributed by atoms with Gasteiger partial charge in [0.1, 0.15) is 0 Å². The van der Waals surface area contributed by atoms with Gasteiger partial charge in [0, 0.05) is 46.3 Å². The molecule has 1 atom stereocenters. The fourth-order valence-corrected chi connectivity index (χ4v) is 4.44. The molecule has 2 fully saturated rings. The highest BCUT2D eigenvalue weighted by Gasteiger charge is 2.15. The molecule has 0 amide bonds. The van der Waals surface area contributed by atoms with E-state index in [4.69, 9.17) is 4.74 Å². The number of aliphatic imine (C=N–C) groups is 1. The molecule has 0 saturated carbocycles. The van der Waals surface area contributed by atoms with Crippen molar-refractivity contribution in [3.8, 4) is 0 Å². The van der Waals surface area contributed by atoms with Gasteiger partial charge in [-0.15, -0.1) is 24.0 Å². The molecule has 31 heavy (non-hydrogen) atoms. The number of hydrogen-bond donors (Lipinski definition) is 2. The maximum Gasteiger partial charge on any atom is 0.191 e. The summed E-state index contributed by atoms with van der Waals surface area (Å²) in [7, 11) is 1.85. The third kappa shape index (κ3) is 9.63. The number of ether oxygens (including phenoxy) is 1. The number of nitrogens with one attached hydrogen (secondary N) is 2. The van der Waals surface area contributed by atoms with E-state index in [1.807, 2.05) is 7.05 Å². The molecule has 1 aromatic rings. The largest absolute Gasteiger partial charge is 0.379 e. The Balaban J connectivity index is 0.00000341. The van der Waals surface area contributed by atoms with Crippen molar-refractivity contribution in [1.82, 2.24) is 20.4 Å². The van der Waals surface area contributed by atoms with Crippen molar-refractivity contribution in [2.75, 3.05) is 59.5 Å². The number of piperidine rings is 1. The second-order valence-corrected chi connectivity index (χ2v) is 8.76. The van der Waals surface area contributed by atoms with Crippen molar-refractivity contribution >= 4 is 29.9 Å². The lowest BCUT2D eigenvalue weighted by Gasteiger charge is -2.30. The van der Waals surface area contributed by atoms with Gasteiger partial charge in [0.25, 0.3) is 0 Å². The molecule has 0 aromatic heterocycles. The quantitative estimate of drug-likeness (QED) is 0.217. The molecule has 2 aliphatic heterocycles. The molecule has 1 aromatic carbocycles. The van der Waals surface area contributed by atoms with Crippen molar-refractivity contribution in [1.29, 1.82) is 0 Å². The first-order valence-electron chi connectivity index (χ1n) is 11.8. The maximum absolute atomic E-state index is 5.47. The van der Waals surface area contributed by atoms with Gasteiger partial charge in [-0.05, 0) is 55.8 Å². The topological polar surface area (TPSA) is 52.1 Å². The van der Waals surface area contributed by atoms with Crippen LogP contribution < -0.4 is 10.6 Å². The van der Waals surface area contributed by atoms with Gasteiger partial charge >= 0.3 is 0 Å². The highest BCUT2D eigenvalue weighted by Crippen LogP contribution is 2.15. The number of nitrogens with zero attached hydrogens (tertiary/aromatic N) is 3. The lowest BCUT2D eigenvalue weighted by atomic mass is 10.0. The summed E-state index contributed by atoms with van der Waals surface area (Å²) in [5, 5.41) is 6.98. The average Bonchev–Trinajstić information content (AvgIpc) is 2.77. The molecule has 2 N–H and O–H groups in total. The van der Waals surface area contributed by atoms with Crippen LogP contribution in [0.1, 0.15) is 43.7 Å². The molecule has 0 bridgehead atoms. The molecule has 176 valence electrons. The van der Waals surface area contributed by atoms with Gasteiger partial charge in [0.15, 0.2) is 5.96 Å². The van der Waals surface area contributed by atoms with Gasteiger partial charge < -0.3 is 20.3 Å². The van der Waals surface area contributed by atoms with E-state index >= 15 is 0 Å². The standard InChI is InChI=1S/C24H41N5O.HI/c1-21-8-7-13-28(19-21)12-6-5-11-26-24(25-2)27-18-22-9-3-4-10-23(22)20-29-14-16-30-17-15-29;/h3-4,9-10,21H,5-8,11-20H2,1-2H3,(H2,25,26,27);1H. The van der Waals surface area contributed by atoms with Gasteiger partial charge in [0.2, 0.25) is 0 Å². The van der Waals surface area contributed by atoms with Crippen LogP contribution >= 0.6 is 24.0 Å². The number of halogens is 1. The Hall–Kier alpha value is -0.900. The number of likely N-dealkylation sites (tertiary alicyclic amines) is 1. The van der Waals surface area contributed by atoms with Crippen LogP contribution in [-0.4, -0.2) is 75.3 Å². The number of unbranched alkanes of at least 4 members (excludes halogenated alkanes) is 1. The minimum atomic E-state index is 0. The Morgan fingerprint density at radius 2 is 1.84 bits per heavy atom. The van der Waals surface area contributed by atoms with Gasteiger partial charge in [-0.1, -0.05) is 31.2 Å². The fraction of sp³-hybridized carbons (Fsp3) is 0.708. The van der Waals surface area contributed by atoms with E-state index in [1.54, 1.807) is 0 Å². The summed E-state index contributed by atoms with van der Waals surface area (Å²) in [4.78, 5) is 9.51. The van der Waals surface area contributed by atoms with Crippen molar-refractivity contribution in [3.05, 3.63) is 35.4 Å². The molecular weight excluding hydrogens is 501 g/mol. The number of rotatable bonds is 9. The molecule has 1 unspecified atom stereocenters. The van der Waals surface area contributed by atoms with Gasteiger partial charge in [-0.3, -0.25) is 9.89 Å². The third-order valence-corrected chi connectivity index (χ3v) is 6.22. The molecule has 2 heterocycles. The summed E-state index contributed by atoms with van der Waals surface area (Å²) in [6.07, 6.45) is 5.19. The van der Waals surface area contributed by atoms with Crippen LogP contribution in [0.4, 0.5) is 0 Å². The zero-order valence-corrected chi connectivity index (χ0v) is 21.8. The molecule has 0 radical (unpaired) electrons. The van der Waals surface area contributed by atoms with Gasteiger partial charge in [0.05, 0.1) is 13.2 Å². The molecule has 0 aliphatic carbocycles. The third-order valence-electron chi connectivity index (χ3n) is 6.22. The Morgan fingerprint density at radius 1 is 1.06 bits per heavy atom. The maximum atomic E-state index is 5.47. The summed E-state index contributed by atoms with van der Waals surface area (Å²) < 4.78 is 5.47. The smallest absolute Gasteiger partial charge is 0.191 e. The van der Waals surface area contributed by atoms with Crippen LogP contribution in [0.3, 0.4) is 0 Å². The second kappa shape index (κ2) is 15.0. The Kier molecular flexibility index (Phi) is 12.8. The molecule has 6 nitrogen and oxygen atoms in total. The molecule has 7 heteroatoms. The van der Waals surface area contributed by atoms with Crippen LogP contribution in [-0.2, 0) is 17.8 Å². The fourth-order valence-electron chi connectivity index (χ4n) is 4.44. The van der Waals surface area contributed by atoms with Crippen molar-refractivity contribution < 1.29 is 4.74 Å². The summed E-state index contributed by atoms with van der Waals surface area (Å²) in [6.45, 7) is 12.6. The predicted molar refractivity (Wildman–Crippen MR) is 140 cm³/mol. The highest BCUT2D eigenvalue weighted by molar-refractivity contribution is 14.0. The monoisotopic (exact) mass is 543 g/mol. The van der Waals surface area contributed by atoms with Crippen molar-refractivity contribution in [2.45, 2.75) is 45.7 Å². The SMILES string of the molecule is CN=C(NCCCCN1CCCC(C)C1)NCc1ccccc1CN1CCOCC1.I. The molecular formula is C24H42IN5O. The Bertz CT molecular complexity index is 651. The lowest BCUT2D eigenvalue weighted by molar-refractivity contribution is 0.0341. The number of guanidine groups is 1. The van der Waals surface area contributed by atoms with Crippen LogP contribution in [0.5, 0.6) is 0 Å². The number of hydrogen-bond acceptors (Lipinski definition) is 4. The van der Waals surface area contributed by atoms with E-state index in [1.165, 1.54) is 56.4 Å². The van der Waals surface area contributed by atoms with Gasteiger partial charge in [-0.25, -0.2) is 0 Å². The average molecular weight is 544 g/mol. The predicted octanol–water partition coefficient (Wildman–Crippen LogP) is 3.31. The molecule has 0 spiro atoms. The number of benzene rings is 1. The van der Waals surface area contributed by atoms with E-state index in [2.05, 4.69) is 56.6 Å². The minimum absolute atomic E-state index is 0. The second-order valence-electron chi connectivity index (χ2n) is 8.76. The Labute approximate surface area is 206 Å². The lowest BCUT2D eigenvalue weighted by Crippen LogP contribution is -2.38. The zero-order chi connectivity index (χ0) is 21.0. The van der Waals surface area contributed by atoms with E-state index in [0.29, 0.717) is 0 Å². The highest BCUT2D eigenvalue weighted by atomic mass is 127. The van der Waals surface area contributed by atoms with E-state index in [-0.39, 0.29) is 24.0 Å². The van der Waals surface area contributed by atoms with Crippen LogP contribution in [0.15, 0.2) is 29.3 Å². The molecule has 3 rings (SSSR count). The normalized spacial score (nSPS) is 20.8. The Morgan fingerprint density at radius 3 is 2.58 bits per heavy atom. The summed E-state index contributed by atoms with van der Waals surface area (Å²) in [5.41, 5.74) is 2.73. The summed E-state index contributed by atoms with van der Waals surface area (Å²) in [5.74, 6) is 1.76. The summed E-state index contributed by atoms with van der Waals surface area (Å²) in [6, 6.07) is 8.71. The van der Waals surface area contributed by atoms with E-state index in [9.17, 15) is 0 Å². The van der Waals surface area contributed by atoms with E-state index in [0.717, 1.165) is 57.8 Å². The van der Waals surface area contributed by atoms with Crippen LogP contribution in [0, 0.1) is 5.92 Å².